The number of nitrogen functional groups attached to an aromatic ring is 1. The van der Waals surface area contributed by atoms with Crippen molar-refractivity contribution in [2.45, 2.75) is 13.1 Å². The molecule has 0 aliphatic carbocycles. The molecule has 0 radical (unpaired) electrons. The molecule has 2 aromatic rings. The fraction of sp³-hybridized carbons (Fsp3) is 0.273. The number of anilines is 2. The van der Waals surface area contributed by atoms with E-state index in [9.17, 15) is 0 Å². The van der Waals surface area contributed by atoms with Crippen LogP contribution in [0.1, 0.15) is 5.82 Å². The first-order valence-electron chi connectivity index (χ1n) is 5.29. The lowest BCUT2D eigenvalue weighted by Crippen LogP contribution is -2.34. The van der Waals surface area contributed by atoms with Gasteiger partial charge in [-0.15, -0.1) is 0 Å². The zero-order valence-electron chi connectivity index (χ0n) is 8.87. The van der Waals surface area contributed by atoms with Gasteiger partial charge in [0, 0.05) is 43.4 Å². The summed E-state index contributed by atoms with van der Waals surface area (Å²) >= 11 is 0. The van der Waals surface area contributed by atoms with Crippen LogP contribution in [0.5, 0.6) is 0 Å². The van der Waals surface area contributed by atoms with Gasteiger partial charge < -0.3 is 15.2 Å². The van der Waals surface area contributed by atoms with E-state index < -0.39 is 0 Å². The van der Waals surface area contributed by atoms with Crippen LogP contribution in [-0.2, 0) is 13.1 Å². The Morgan fingerprint density at radius 3 is 3.00 bits per heavy atom. The third-order valence-corrected chi connectivity index (χ3v) is 2.84. The maximum absolute atomic E-state index is 5.75. The molecule has 0 aromatic carbocycles. The summed E-state index contributed by atoms with van der Waals surface area (Å²) in [7, 11) is 0. The lowest BCUT2D eigenvalue weighted by atomic mass is 10.3. The van der Waals surface area contributed by atoms with Crippen LogP contribution in [0.4, 0.5) is 11.5 Å². The minimum Gasteiger partial charge on any atom is -0.399 e. The lowest BCUT2D eigenvalue weighted by Gasteiger charge is -2.28. The number of fused-ring (bicyclic) bond motifs is 1. The molecular formula is C11H13N5. The van der Waals surface area contributed by atoms with Crippen LogP contribution in [0.3, 0.4) is 0 Å². The maximum atomic E-state index is 5.75. The average Bonchev–Trinajstić information content (AvgIpc) is 2.75. The number of pyridine rings is 1. The molecule has 0 atom stereocenters. The van der Waals surface area contributed by atoms with Crippen molar-refractivity contribution >= 4 is 11.5 Å². The van der Waals surface area contributed by atoms with Gasteiger partial charge in [0.2, 0.25) is 0 Å². The number of hydrogen-bond donors (Lipinski definition) is 1. The van der Waals surface area contributed by atoms with Gasteiger partial charge in [-0.25, -0.2) is 9.97 Å². The fourth-order valence-electron chi connectivity index (χ4n) is 1.98. The Kier molecular flexibility index (Phi) is 2.02. The van der Waals surface area contributed by atoms with Crippen LogP contribution in [-0.4, -0.2) is 21.1 Å². The predicted molar refractivity (Wildman–Crippen MR) is 61.9 cm³/mol. The molecule has 5 heteroatoms. The molecular weight excluding hydrogens is 202 g/mol. The first-order valence-corrected chi connectivity index (χ1v) is 5.29. The summed E-state index contributed by atoms with van der Waals surface area (Å²) in [5, 5.41) is 0. The summed E-state index contributed by atoms with van der Waals surface area (Å²) in [6, 6.07) is 3.70. The van der Waals surface area contributed by atoms with Gasteiger partial charge in [-0.3, -0.25) is 0 Å². The van der Waals surface area contributed by atoms with Crippen molar-refractivity contribution in [2.24, 2.45) is 0 Å². The van der Waals surface area contributed by atoms with Gasteiger partial charge in [-0.05, 0) is 6.07 Å². The Morgan fingerprint density at radius 1 is 1.19 bits per heavy atom. The molecule has 0 saturated carbocycles. The van der Waals surface area contributed by atoms with E-state index in [0.717, 1.165) is 37.0 Å². The molecule has 0 unspecified atom stereocenters. The third kappa shape index (κ3) is 1.50. The molecule has 16 heavy (non-hydrogen) atoms. The van der Waals surface area contributed by atoms with Crippen molar-refractivity contribution in [2.75, 3.05) is 17.2 Å². The minimum atomic E-state index is 0.749. The highest BCUT2D eigenvalue weighted by Crippen LogP contribution is 2.19. The molecule has 0 fully saturated rings. The smallest absolute Gasteiger partial charge is 0.130 e. The second kappa shape index (κ2) is 3.52. The molecule has 0 spiro atoms. The van der Waals surface area contributed by atoms with Crippen LogP contribution in [0.2, 0.25) is 0 Å². The summed E-state index contributed by atoms with van der Waals surface area (Å²) < 4.78 is 2.17. The van der Waals surface area contributed by atoms with Gasteiger partial charge in [0.05, 0.1) is 6.54 Å². The van der Waals surface area contributed by atoms with Crippen LogP contribution >= 0.6 is 0 Å². The van der Waals surface area contributed by atoms with E-state index in [1.807, 2.05) is 18.5 Å². The van der Waals surface area contributed by atoms with E-state index in [0.29, 0.717) is 0 Å². The zero-order valence-corrected chi connectivity index (χ0v) is 8.87. The Labute approximate surface area is 93.5 Å². The Balaban J connectivity index is 1.88. The van der Waals surface area contributed by atoms with Crippen molar-refractivity contribution in [1.29, 1.82) is 0 Å². The number of imidazole rings is 1. The highest BCUT2D eigenvalue weighted by molar-refractivity contribution is 5.50. The number of rotatable bonds is 1. The summed E-state index contributed by atoms with van der Waals surface area (Å²) in [6.45, 7) is 2.69. The zero-order chi connectivity index (χ0) is 11.0. The third-order valence-electron chi connectivity index (χ3n) is 2.84. The molecule has 0 bridgehead atoms. The van der Waals surface area contributed by atoms with Crippen molar-refractivity contribution in [3.05, 3.63) is 36.5 Å². The van der Waals surface area contributed by atoms with Gasteiger partial charge >= 0.3 is 0 Å². The largest absolute Gasteiger partial charge is 0.399 e. The number of nitrogens with two attached hydrogens (primary N) is 1. The Hall–Kier alpha value is -2.04. The van der Waals surface area contributed by atoms with Gasteiger partial charge in [0.1, 0.15) is 11.6 Å². The van der Waals surface area contributed by atoms with E-state index in [4.69, 9.17) is 5.73 Å². The molecule has 2 N–H and O–H groups in total. The van der Waals surface area contributed by atoms with Crippen LogP contribution < -0.4 is 10.6 Å². The van der Waals surface area contributed by atoms with E-state index in [-0.39, 0.29) is 0 Å². The highest BCUT2D eigenvalue weighted by atomic mass is 15.3. The quantitative estimate of drug-likeness (QED) is 0.767. The van der Waals surface area contributed by atoms with Crippen molar-refractivity contribution in [3.63, 3.8) is 0 Å². The average molecular weight is 215 g/mol. The van der Waals surface area contributed by atoms with Crippen molar-refractivity contribution < 1.29 is 0 Å². The fourth-order valence-corrected chi connectivity index (χ4v) is 1.98. The van der Waals surface area contributed by atoms with Crippen LogP contribution in [0.15, 0.2) is 30.7 Å². The van der Waals surface area contributed by atoms with E-state index >= 15 is 0 Å². The molecule has 3 rings (SSSR count). The van der Waals surface area contributed by atoms with E-state index in [2.05, 4.69) is 19.4 Å². The standard InChI is InChI=1S/C11H13N5/c12-9-1-2-13-10(7-9)16-6-5-15-4-3-14-11(15)8-16/h1-4,7H,5-6,8H2,(H2,12,13). The molecule has 5 nitrogen and oxygen atoms in total. The first-order chi connectivity index (χ1) is 7.83. The molecule has 1 aliphatic rings. The predicted octanol–water partition coefficient (Wildman–Crippen LogP) is 0.880. The van der Waals surface area contributed by atoms with Crippen LogP contribution in [0, 0.1) is 0 Å². The molecule has 0 amide bonds. The molecule has 3 heterocycles. The van der Waals surface area contributed by atoms with E-state index in [1.165, 1.54) is 0 Å². The molecule has 2 aromatic heterocycles. The molecule has 82 valence electrons. The maximum Gasteiger partial charge on any atom is 0.130 e. The topological polar surface area (TPSA) is 60.0 Å². The normalized spacial score (nSPS) is 14.9. The Bertz CT molecular complexity index is 505. The Morgan fingerprint density at radius 2 is 2.12 bits per heavy atom. The molecule has 0 saturated heterocycles. The van der Waals surface area contributed by atoms with Crippen LogP contribution in [0.25, 0.3) is 0 Å². The van der Waals surface area contributed by atoms with Gasteiger partial charge in [0.25, 0.3) is 0 Å². The van der Waals surface area contributed by atoms with Crippen molar-refractivity contribution in [3.8, 4) is 0 Å². The lowest BCUT2D eigenvalue weighted by molar-refractivity contribution is 0.556. The summed E-state index contributed by atoms with van der Waals surface area (Å²) in [6.07, 6.45) is 5.59. The number of aromatic nitrogens is 3. The van der Waals surface area contributed by atoms with E-state index in [1.54, 1.807) is 12.3 Å². The molecule has 1 aliphatic heterocycles. The van der Waals surface area contributed by atoms with Gasteiger partial charge in [-0.2, -0.15) is 0 Å². The van der Waals surface area contributed by atoms with Gasteiger partial charge in [0.15, 0.2) is 0 Å². The first kappa shape index (κ1) is 9.21. The second-order valence-corrected chi connectivity index (χ2v) is 3.91. The number of hydrogen-bond acceptors (Lipinski definition) is 4. The minimum absolute atomic E-state index is 0.749. The van der Waals surface area contributed by atoms with Crippen molar-refractivity contribution in [1.82, 2.24) is 14.5 Å². The summed E-state index contributed by atoms with van der Waals surface area (Å²) in [4.78, 5) is 10.8. The summed E-state index contributed by atoms with van der Waals surface area (Å²) in [5.74, 6) is 2.00. The highest BCUT2D eigenvalue weighted by Gasteiger charge is 2.17. The summed E-state index contributed by atoms with van der Waals surface area (Å²) in [5.41, 5.74) is 6.50. The SMILES string of the molecule is Nc1ccnc(N2CCn3ccnc3C2)c1. The monoisotopic (exact) mass is 215 g/mol. The second-order valence-electron chi connectivity index (χ2n) is 3.91. The number of nitrogens with zero attached hydrogens (tertiary/aromatic N) is 4. The van der Waals surface area contributed by atoms with Gasteiger partial charge in [-0.1, -0.05) is 0 Å².